The maximum atomic E-state index is 11.1. The number of nitro groups is 1. The van der Waals surface area contributed by atoms with Crippen LogP contribution in [0.3, 0.4) is 0 Å². The summed E-state index contributed by atoms with van der Waals surface area (Å²) in [6.07, 6.45) is 1.29. The summed E-state index contributed by atoms with van der Waals surface area (Å²) in [7, 11) is 1.47. The fourth-order valence-corrected chi connectivity index (χ4v) is 1.58. The zero-order chi connectivity index (χ0) is 15.1. The summed E-state index contributed by atoms with van der Waals surface area (Å²) in [5.41, 5.74) is -0.711. The first-order chi connectivity index (χ1) is 9.49. The fourth-order valence-electron chi connectivity index (χ4n) is 1.58. The van der Waals surface area contributed by atoms with Gasteiger partial charge in [0.1, 0.15) is 17.6 Å². The van der Waals surface area contributed by atoms with Crippen molar-refractivity contribution in [1.29, 1.82) is 0 Å². The number of hydrogen-bond acceptors (Lipinski definition) is 7. The first kappa shape index (κ1) is 15.8. The largest absolute Gasteiger partial charge is 0.478 e. The smallest absolute Gasteiger partial charge is 0.339 e. The van der Waals surface area contributed by atoms with Crippen LogP contribution in [-0.2, 0) is 4.74 Å². The number of carboxylic acids is 1. The Kier molecular flexibility index (Phi) is 5.81. The molecule has 0 saturated heterocycles. The van der Waals surface area contributed by atoms with Gasteiger partial charge in [0.25, 0.3) is 5.69 Å². The summed E-state index contributed by atoms with van der Waals surface area (Å²) in [6, 6.07) is 0.581. The lowest BCUT2D eigenvalue weighted by Gasteiger charge is -2.18. The van der Waals surface area contributed by atoms with Crippen molar-refractivity contribution in [1.82, 2.24) is 4.98 Å². The molecule has 9 nitrogen and oxygen atoms in total. The molecule has 0 aliphatic heterocycles. The molecule has 110 valence electrons. The number of aliphatic hydroxyl groups excluding tert-OH is 1. The fraction of sp³-hybridized carbons (Fsp3) is 0.455. The zero-order valence-corrected chi connectivity index (χ0v) is 10.8. The van der Waals surface area contributed by atoms with Gasteiger partial charge in [-0.25, -0.2) is 9.78 Å². The molecule has 0 amide bonds. The number of ether oxygens (including phenoxy) is 1. The SMILES string of the molecule is COCC(CCO)Nc1ncc([N+](=O)[O-])cc1C(=O)O. The number of methoxy groups -OCH3 is 1. The second-order valence-electron chi connectivity index (χ2n) is 3.96. The number of aliphatic hydroxyl groups is 1. The van der Waals surface area contributed by atoms with Gasteiger partial charge in [-0.3, -0.25) is 10.1 Å². The number of carbonyl (C=O) groups is 1. The molecule has 9 heteroatoms. The van der Waals surface area contributed by atoms with Crippen LogP contribution in [0.25, 0.3) is 0 Å². The molecule has 0 radical (unpaired) electrons. The Bertz CT molecular complexity index is 487. The van der Waals surface area contributed by atoms with E-state index in [9.17, 15) is 14.9 Å². The summed E-state index contributed by atoms with van der Waals surface area (Å²) in [5.74, 6) is -1.33. The Balaban J connectivity index is 3.03. The van der Waals surface area contributed by atoms with Crippen molar-refractivity contribution in [3.63, 3.8) is 0 Å². The first-order valence-corrected chi connectivity index (χ1v) is 5.73. The lowest BCUT2D eigenvalue weighted by molar-refractivity contribution is -0.385. The van der Waals surface area contributed by atoms with E-state index in [1.54, 1.807) is 0 Å². The highest BCUT2D eigenvalue weighted by Gasteiger charge is 2.19. The molecular formula is C11H15N3O6. The molecular weight excluding hydrogens is 270 g/mol. The van der Waals surface area contributed by atoms with Crippen molar-refractivity contribution in [3.8, 4) is 0 Å². The van der Waals surface area contributed by atoms with Crippen molar-refractivity contribution in [2.24, 2.45) is 0 Å². The number of carboxylic acid groups (broad SMARTS) is 1. The average Bonchev–Trinajstić information content (AvgIpc) is 2.39. The normalized spacial score (nSPS) is 11.9. The number of anilines is 1. The van der Waals surface area contributed by atoms with Crippen molar-refractivity contribution >= 4 is 17.5 Å². The van der Waals surface area contributed by atoms with E-state index >= 15 is 0 Å². The second-order valence-corrected chi connectivity index (χ2v) is 3.96. The number of nitrogens with one attached hydrogen (secondary N) is 1. The van der Waals surface area contributed by atoms with Gasteiger partial charge in [-0.05, 0) is 6.42 Å². The molecule has 0 aliphatic carbocycles. The van der Waals surface area contributed by atoms with Crippen molar-refractivity contribution in [2.75, 3.05) is 25.6 Å². The molecule has 0 aliphatic rings. The molecule has 20 heavy (non-hydrogen) atoms. The maximum Gasteiger partial charge on any atom is 0.339 e. The van der Waals surface area contributed by atoms with Crippen LogP contribution in [0.15, 0.2) is 12.3 Å². The highest BCUT2D eigenvalue weighted by Crippen LogP contribution is 2.20. The van der Waals surface area contributed by atoms with E-state index in [4.69, 9.17) is 14.9 Å². The van der Waals surface area contributed by atoms with Gasteiger partial charge < -0.3 is 20.3 Å². The Morgan fingerprint density at radius 2 is 2.35 bits per heavy atom. The molecule has 0 bridgehead atoms. The molecule has 1 heterocycles. The third-order valence-corrected chi connectivity index (χ3v) is 2.50. The van der Waals surface area contributed by atoms with Crippen LogP contribution in [0.1, 0.15) is 16.8 Å². The molecule has 0 fully saturated rings. The minimum Gasteiger partial charge on any atom is -0.478 e. The third-order valence-electron chi connectivity index (χ3n) is 2.50. The summed E-state index contributed by atoms with van der Waals surface area (Å²) in [5, 5.41) is 31.4. The number of hydrogen-bond donors (Lipinski definition) is 3. The monoisotopic (exact) mass is 285 g/mol. The van der Waals surface area contributed by atoms with E-state index in [1.807, 2.05) is 0 Å². The summed E-state index contributed by atoms with van der Waals surface area (Å²) in [4.78, 5) is 24.8. The summed E-state index contributed by atoms with van der Waals surface area (Å²) in [6.45, 7) is 0.120. The molecule has 3 N–H and O–H groups in total. The van der Waals surface area contributed by atoms with Gasteiger partial charge in [0.05, 0.1) is 17.6 Å². The molecule has 1 unspecified atom stereocenters. The van der Waals surface area contributed by atoms with Crippen LogP contribution >= 0.6 is 0 Å². The van der Waals surface area contributed by atoms with E-state index in [-0.39, 0.29) is 30.6 Å². The average molecular weight is 285 g/mol. The highest BCUT2D eigenvalue weighted by atomic mass is 16.6. The van der Waals surface area contributed by atoms with Gasteiger partial charge in [-0.15, -0.1) is 0 Å². The van der Waals surface area contributed by atoms with Crippen LogP contribution in [-0.4, -0.2) is 52.5 Å². The molecule has 1 aromatic heterocycles. The predicted molar refractivity (Wildman–Crippen MR) is 68.8 cm³/mol. The summed E-state index contributed by atoms with van der Waals surface area (Å²) < 4.78 is 4.93. The molecule has 1 rings (SSSR count). The number of aromatic nitrogens is 1. The number of rotatable bonds is 8. The molecule has 0 aromatic carbocycles. The topological polar surface area (TPSA) is 135 Å². The van der Waals surface area contributed by atoms with Gasteiger partial charge in [0, 0.05) is 19.8 Å². The molecule has 1 aromatic rings. The van der Waals surface area contributed by atoms with Crippen LogP contribution in [0.5, 0.6) is 0 Å². The van der Waals surface area contributed by atoms with Crippen LogP contribution in [0.2, 0.25) is 0 Å². The van der Waals surface area contributed by atoms with Crippen molar-refractivity contribution in [2.45, 2.75) is 12.5 Å². The predicted octanol–water partition coefficient (Wildman–Crippen LogP) is 0.497. The van der Waals surface area contributed by atoms with Crippen LogP contribution in [0.4, 0.5) is 11.5 Å². The van der Waals surface area contributed by atoms with E-state index in [1.165, 1.54) is 7.11 Å². The van der Waals surface area contributed by atoms with Crippen LogP contribution < -0.4 is 5.32 Å². The number of aromatic carboxylic acids is 1. The Morgan fingerprint density at radius 3 is 2.85 bits per heavy atom. The van der Waals surface area contributed by atoms with E-state index in [0.717, 1.165) is 12.3 Å². The van der Waals surface area contributed by atoms with Crippen molar-refractivity contribution in [3.05, 3.63) is 27.9 Å². The van der Waals surface area contributed by atoms with Gasteiger partial charge in [-0.1, -0.05) is 0 Å². The molecule has 0 spiro atoms. The molecule has 0 saturated carbocycles. The first-order valence-electron chi connectivity index (χ1n) is 5.73. The van der Waals surface area contributed by atoms with Gasteiger partial charge >= 0.3 is 5.97 Å². The third kappa shape index (κ3) is 4.14. The van der Waals surface area contributed by atoms with Gasteiger partial charge in [0.2, 0.25) is 0 Å². The zero-order valence-electron chi connectivity index (χ0n) is 10.8. The highest BCUT2D eigenvalue weighted by molar-refractivity contribution is 5.93. The lowest BCUT2D eigenvalue weighted by atomic mass is 10.2. The van der Waals surface area contributed by atoms with Gasteiger partial charge in [-0.2, -0.15) is 0 Å². The van der Waals surface area contributed by atoms with Crippen LogP contribution in [0, 0.1) is 10.1 Å². The van der Waals surface area contributed by atoms with E-state index in [2.05, 4.69) is 10.3 Å². The Hall–Kier alpha value is -2.26. The quantitative estimate of drug-likeness (QED) is 0.464. The minimum atomic E-state index is -1.33. The molecule has 1 atom stereocenters. The number of pyridine rings is 1. The van der Waals surface area contributed by atoms with E-state index in [0.29, 0.717) is 6.42 Å². The number of nitrogens with zero attached hydrogens (tertiary/aromatic N) is 2. The summed E-state index contributed by atoms with van der Waals surface area (Å²) >= 11 is 0. The minimum absolute atomic E-state index is 0.00130. The standard InChI is InChI=1S/C11H15N3O6/c1-20-6-7(2-3-15)13-10-9(11(16)17)4-8(5-12-10)14(18)19/h4-5,7,15H,2-3,6H2,1H3,(H,12,13)(H,16,17). The maximum absolute atomic E-state index is 11.1. The Labute approximate surface area is 114 Å². The Morgan fingerprint density at radius 1 is 1.65 bits per heavy atom. The van der Waals surface area contributed by atoms with E-state index < -0.39 is 16.6 Å². The van der Waals surface area contributed by atoms with Gasteiger partial charge in [0.15, 0.2) is 0 Å². The lowest BCUT2D eigenvalue weighted by Crippen LogP contribution is -2.27. The van der Waals surface area contributed by atoms with Crippen molar-refractivity contribution < 1.29 is 24.7 Å². The second kappa shape index (κ2) is 7.36.